The second kappa shape index (κ2) is 9.88. The number of pyridine rings is 1. The van der Waals surface area contributed by atoms with Gasteiger partial charge in [-0.1, -0.05) is 36.4 Å². The average Bonchev–Trinajstić information content (AvgIpc) is 2.70. The molecule has 2 aromatic rings. The summed E-state index contributed by atoms with van der Waals surface area (Å²) in [6.45, 7) is -0.532. The molecule has 0 unspecified atom stereocenters. The number of hydrogen-bond acceptors (Lipinski definition) is 5. The molecule has 1 aromatic heterocycles. The zero-order valence-electron chi connectivity index (χ0n) is 14.5. The van der Waals surface area contributed by atoms with Gasteiger partial charge in [-0.15, -0.1) is 0 Å². The molecule has 0 radical (unpaired) electrons. The molecule has 2 rings (SSSR count). The van der Waals surface area contributed by atoms with E-state index in [-0.39, 0.29) is 13.1 Å². The lowest BCUT2D eigenvalue weighted by Gasteiger charge is -2.21. The van der Waals surface area contributed by atoms with Gasteiger partial charge in [-0.2, -0.15) is 0 Å². The first-order valence-corrected chi connectivity index (χ1v) is 8.24. The third-order valence-electron chi connectivity index (χ3n) is 3.67. The van der Waals surface area contributed by atoms with Gasteiger partial charge in [0.1, 0.15) is 18.5 Å². The Balaban J connectivity index is 2.02. The van der Waals surface area contributed by atoms with Crippen molar-refractivity contribution in [1.29, 1.82) is 0 Å². The molecular weight excluding hydrogens is 350 g/mol. The second-order valence-electron chi connectivity index (χ2n) is 5.54. The summed E-state index contributed by atoms with van der Waals surface area (Å²) in [4.78, 5) is 41.0. The highest BCUT2D eigenvalue weighted by Gasteiger charge is 2.22. The fourth-order valence-corrected chi connectivity index (χ4v) is 2.40. The molecule has 9 heteroatoms. The third kappa shape index (κ3) is 5.79. The summed E-state index contributed by atoms with van der Waals surface area (Å²) >= 11 is 0. The minimum Gasteiger partial charge on any atom is -0.387 e. The number of anilines is 1. The topological polar surface area (TPSA) is 138 Å². The number of carbonyl (C=O) groups is 3. The molecule has 142 valence electrons. The van der Waals surface area contributed by atoms with Crippen LogP contribution >= 0.6 is 0 Å². The molecule has 1 atom stereocenters. The molecule has 0 bridgehead atoms. The van der Waals surface area contributed by atoms with Gasteiger partial charge < -0.3 is 21.5 Å². The summed E-state index contributed by atoms with van der Waals surface area (Å²) in [5, 5.41) is 14.0. The van der Waals surface area contributed by atoms with Crippen molar-refractivity contribution >= 4 is 23.7 Å². The van der Waals surface area contributed by atoms with Crippen molar-refractivity contribution in [2.24, 2.45) is 5.73 Å². The maximum absolute atomic E-state index is 12.5. The Morgan fingerprint density at radius 3 is 2.41 bits per heavy atom. The van der Waals surface area contributed by atoms with Crippen LogP contribution in [-0.4, -0.2) is 47.6 Å². The normalized spacial score (nSPS) is 11.3. The largest absolute Gasteiger partial charge is 0.387 e. The first-order chi connectivity index (χ1) is 13.0. The van der Waals surface area contributed by atoms with Crippen LogP contribution in [0.1, 0.15) is 11.6 Å². The number of primary amides is 1. The summed E-state index contributed by atoms with van der Waals surface area (Å²) in [5.74, 6) is -0.785. The van der Waals surface area contributed by atoms with Crippen molar-refractivity contribution in [1.82, 2.24) is 15.6 Å². The summed E-state index contributed by atoms with van der Waals surface area (Å²) in [5.41, 5.74) is 5.93. The molecule has 5 N–H and O–H groups in total. The van der Waals surface area contributed by atoms with Crippen molar-refractivity contribution in [3.8, 4) is 0 Å². The third-order valence-corrected chi connectivity index (χ3v) is 3.67. The van der Waals surface area contributed by atoms with E-state index in [9.17, 15) is 14.4 Å². The zero-order valence-corrected chi connectivity index (χ0v) is 14.5. The highest BCUT2D eigenvalue weighted by molar-refractivity contribution is 5.90. The number of aliphatic hydroxyl groups excluding tert-OH is 1. The van der Waals surface area contributed by atoms with E-state index in [1.807, 2.05) is 0 Å². The van der Waals surface area contributed by atoms with Gasteiger partial charge in [-0.05, 0) is 17.7 Å². The van der Waals surface area contributed by atoms with Crippen LogP contribution in [0.2, 0.25) is 0 Å². The van der Waals surface area contributed by atoms with Crippen molar-refractivity contribution in [2.75, 3.05) is 24.6 Å². The molecule has 27 heavy (non-hydrogen) atoms. The Morgan fingerprint density at radius 2 is 1.81 bits per heavy atom. The number of nitrogens with zero attached hydrogens (tertiary/aromatic N) is 2. The predicted octanol–water partition coefficient (Wildman–Crippen LogP) is -0.0673. The van der Waals surface area contributed by atoms with Crippen LogP contribution in [0.15, 0.2) is 54.7 Å². The number of benzene rings is 1. The molecular formula is C18H21N5O4. The van der Waals surface area contributed by atoms with E-state index >= 15 is 0 Å². The van der Waals surface area contributed by atoms with Crippen molar-refractivity contribution in [2.45, 2.75) is 6.04 Å². The van der Waals surface area contributed by atoms with Gasteiger partial charge in [-0.25, -0.2) is 9.78 Å². The molecule has 0 spiro atoms. The number of hydrogen-bond donors (Lipinski definition) is 4. The quantitative estimate of drug-likeness (QED) is 0.515. The maximum Gasteiger partial charge on any atom is 0.320 e. The minimum atomic E-state index is -0.970. The van der Waals surface area contributed by atoms with Gasteiger partial charge in [0.05, 0.1) is 0 Å². The number of nitrogens with two attached hydrogens (primary N) is 1. The van der Waals surface area contributed by atoms with Crippen molar-refractivity contribution < 1.29 is 19.5 Å². The molecule has 0 aliphatic heterocycles. The standard InChI is InChI=1S/C18H21N5O4/c19-18(27)23(14-8-4-5-9-20-14)11-10-21-17(26)16(22-15(25)12-24)13-6-2-1-3-7-13/h1-9,16,24H,10-12H2,(H2,19,27)(H,21,26)(H,22,25)/t16-/m1/s1. The van der Waals surface area contributed by atoms with E-state index < -0.39 is 30.5 Å². The second-order valence-corrected chi connectivity index (χ2v) is 5.54. The number of nitrogens with one attached hydrogen (secondary N) is 2. The van der Waals surface area contributed by atoms with E-state index in [0.717, 1.165) is 0 Å². The van der Waals surface area contributed by atoms with E-state index in [0.29, 0.717) is 11.4 Å². The van der Waals surface area contributed by atoms with Crippen LogP contribution in [0, 0.1) is 0 Å². The van der Waals surface area contributed by atoms with E-state index in [4.69, 9.17) is 10.8 Å². The molecule has 1 aromatic carbocycles. The molecule has 9 nitrogen and oxygen atoms in total. The molecule has 0 aliphatic carbocycles. The number of urea groups is 1. The van der Waals surface area contributed by atoms with Gasteiger partial charge in [0.15, 0.2) is 0 Å². The number of carbonyl (C=O) groups excluding carboxylic acids is 3. The van der Waals surface area contributed by atoms with E-state index in [2.05, 4.69) is 15.6 Å². The minimum absolute atomic E-state index is 0.0939. The lowest BCUT2D eigenvalue weighted by atomic mass is 10.1. The average molecular weight is 371 g/mol. The number of rotatable bonds is 8. The van der Waals surface area contributed by atoms with Crippen LogP contribution < -0.4 is 21.3 Å². The number of amides is 4. The zero-order chi connectivity index (χ0) is 19.6. The van der Waals surface area contributed by atoms with Gasteiger partial charge in [0.2, 0.25) is 11.8 Å². The molecule has 0 saturated heterocycles. The fourth-order valence-electron chi connectivity index (χ4n) is 2.40. The maximum atomic E-state index is 12.5. The Kier molecular flexibility index (Phi) is 7.26. The van der Waals surface area contributed by atoms with Crippen LogP contribution in [0.25, 0.3) is 0 Å². The number of aromatic nitrogens is 1. The molecule has 1 heterocycles. The van der Waals surface area contributed by atoms with Gasteiger partial charge in [0.25, 0.3) is 0 Å². The van der Waals surface area contributed by atoms with E-state index in [1.165, 1.54) is 11.1 Å². The SMILES string of the molecule is NC(=O)N(CCNC(=O)[C@H](NC(=O)CO)c1ccccc1)c1ccccn1. The predicted molar refractivity (Wildman–Crippen MR) is 98.6 cm³/mol. The van der Waals surface area contributed by atoms with Gasteiger partial charge in [-0.3, -0.25) is 14.5 Å². The summed E-state index contributed by atoms with van der Waals surface area (Å²) in [6.07, 6.45) is 1.53. The lowest BCUT2D eigenvalue weighted by molar-refractivity contribution is -0.130. The highest BCUT2D eigenvalue weighted by atomic mass is 16.3. The monoisotopic (exact) mass is 371 g/mol. The van der Waals surface area contributed by atoms with Crippen molar-refractivity contribution in [3.05, 3.63) is 60.3 Å². The van der Waals surface area contributed by atoms with Gasteiger partial charge in [0, 0.05) is 19.3 Å². The summed E-state index contributed by atoms with van der Waals surface area (Å²) < 4.78 is 0. The van der Waals surface area contributed by atoms with Crippen LogP contribution in [0.3, 0.4) is 0 Å². The highest BCUT2D eigenvalue weighted by Crippen LogP contribution is 2.13. The Bertz CT molecular complexity index is 770. The summed E-state index contributed by atoms with van der Waals surface area (Å²) in [7, 11) is 0. The molecule has 0 saturated carbocycles. The first-order valence-electron chi connectivity index (χ1n) is 8.24. The van der Waals surface area contributed by atoms with Crippen LogP contribution in [0.4, 0.5) is 10.6 Å². The van der Waals surface area contributed by atoms with Crippen LogP contribution in [-0.2, 0) is 9.59 Å². The number of aliphatic hydroxyl groups is 1. The summed E-state index contributed by atoms with van der Waals surface area (Å²) in [6, 6.07) is 12.0. The Hall–Kier alpha value is -3.46. The Labute approximate surface area is 156 Å². The van der Waals surface area contributed by atoms with Crippen LogP contribution in [0.5, 0.6) is 0 Å². The molecule has 4 amide bonds. The fraction of sp³-hybridized carbons (Fsp3) is 0.222. The molecule has 0 fully saturated rings. The molecule has 0 aliphatic rings. The first kappa shape index (κ1) is 19.9. The smallest absolute Gasteiger partial charge is 0.320 e. The van der Waals surface area contributed by atoms with Crippen molar-refractivity contribution in [3.63, 3.8) is 0 Å². The van der Waals surface area contributed by atoms with E-state index in [1.54, 1.807) is 48.5 Å². The van der Waals surface area contributed by atoms with Gasteiger partial charge >= 0.3 is 6.03 Å². The lowest BCUT2D eigenvalue weighted by Crippen LogP contribution is -2.45. The Morgan fingerprint density at radius 1 is 1.11 bits per heavy atom.